The standard InChI is InChI=1S/C18H13BrO2/c1-21-13-8-6-12-7-9-14(17(11-20)16(12)10-13)15-4-2-3-5-18(15)19/h2-11H,1H3. The molecule has 0 unspecified atom stereocenters. The molecule has 0 saturated carbocycles. The summed E-state index contributed by atoms with van der Waals surface area (Å²) in [7, 11) is 1.62. The number of rotatable bonds is 3. The number of methoxy groups -OCH3 is 1. The van der Waals surface area contributed by atoms with Gasteiger partial charge in [0.15, 0.2) is 6.29 Å². The van der Waals surface area contributed by atoms with Crippen LogP contribution < -0.4 is 4.74 Å². The zero-order chi connectivity index (χ0) is 14.8. The summed E-state index contributed by atoms with van der Waals surface area (Å²) in [5.74, 6) is 0.745. The molecule has 0 aliphatic carbocycles. The Balaban J connectivity index is 2.34. The van der Waals surface area contributed by atoms with Gasteiger partial charge in [-0.2, -0.15) is 0 Å². The lowest BCUT2D eigenvalue weighted by atomic mass is 9.95. The molecular weight excluding hydrogens is 328 g/mol. The Morgan fingerprint density at radius 2 is 1.76 bits per heavy atom. The molecule has 0 heterocycles. The van der Waals surface area contributed by atoms with Gasteiger partial charge in [-0.25, -0.2) is 0 Å². The Morgan fingerprint density at radius 1 is 1.00 bits per heavy atom. The van der Waals surface area contributed by atoms with Gasteiger partial charge in [0, 0.05) is 10.0 Å². The molecule has 0 atom stereocenters. The first-order chi connectivity index (χ1) is 10.2. The van der Waals surface area contributed by atoms with Gasteiger partial charge in [-0.1, -0.05) is 52.3 Å². The van der Waals surface area contributed by atoms with Crippen LogP contribution in [0.1, 0.15) is 10.4 Å². The van der Waals surface area contributed by atoms with E-state index >= 15 is 0 Å². The number of hydrogen-bond acceptors (Lipinski definition) is 2. The van der Waals surface area contributed by atoms with Crippen molar-refractivity contribution in [3.63, 3.8) is 0 Å². The van der Waals surface area contributed by atoms with E-state index in [0.717, 1.165) is 38.4 Å². The van der Waals surface area contributed by atoms with Crippen LogP contribution in [-0.2, 0) is 0 Å². The molecule has 0 aliphatic rings. The maximum atomic E-state index is 11.7. The number of carbonyl (C=O) groups excluding carboxylic acids is 1. The molecule has 0 saturated heterocycles. The number of carbonyl (C=O) groups is 1. The van der Waals surface area contributed by atoms with Crippen LogP contribution in [0.2, 0.25) is 0 Å². The molecule has 0 aromatic heterocycles. The Kier molecular flexibility index (Phi) is 3.76. The Labute approximate surface area is 131 Å². The van der Waals surface area contributed by atoms with Gasteiger partial charge in [0.05, 0.1) is 7.11 Å². The van der Waals surface area contributed by atoms with E-state index in [-0.39, 0.29) is 0 Å². The van der Waals surface area contributed by atoms with E-state index < -0.39 is 0 Å². The van der Waals surface area contributed by atoms with Gasteiger partial charge in [-0.05, 0) is 40.1 Å². The van der Waals surface area contributed by atoms with Crippen LogP contribution in [0.15, 0.2) is 59.1 Å². The molecule has 21 heavy (non-hydrogen) atoms. The lowest BCUT2D eigenvalue weighted by Crippen LogP contribution is -1.92. The summed E-state index contributed by atoms with van der Waals surface area (Å²) in [6.07, 6.45) is 0.913. The van der Waals surface area contributed by atoms with Crippen LogP contribution in [0.5, 0.6) is 5.75 Å². The van der Waals surface area contributed by atoms with E-state index in [1.165, 1.54) is 0 Å². The van der Waals surface area contributed by atoms with Crippen molar-refractivity contribution in [2.75, 3.05) is 7.11 Å². The predicted molar refractivity (Wildman–Crippen MR) is 89.0 cm³/mol. The number of aldehydes is 1. The fourth-order valence-electron chi connectivity index (χ4n) is 2.49. The van der Waals surface area contributed by atoms with Crippen LogP contribution in [0, 0.1) is 0 Å². The molecule has 0 fully saturated rings. The van der Waals surface area contributed by atoms with Crippen LogP contribution in [0.4, 0.5) is 0 Å². The zero-order valence-corrected chi connectivity index (χ0v) is 13.1. The van der Waals surface area contributed by atoms with E-state index in [4.69, 9.17) is 4.74 Å². The second-order valence-corrected chi connectivity index (χ2v) is 5.57. The molecule has 0 spiro atoms. The number of hydrogen-bond donors (Lipinski definition) is 0. The molecule has 3 aromatic rings. The van der Waals surface area contributed by atoms with Crippen LogP contribution in [-0.4, -0.2) is 13.4 Å². The summed E-state index contributed by atoms with van der Waals surface area (Å²) in [6, 6.07) is 17.7. The highest BCUT2D eigenvalue weighted by Gasteiger charge is 2.11. The van der Waals surface area contributed by atoms with Gasteiger partial charge in [0.1, 0.15) is 5.75 Å². The third-order valence-corrected chi connectivity index (χ3v) is 4.24. The average molecular weight is 341 g/mol. The summed E-state index contributed by atoms with van der Waals surface area (Å²) in [4.78, 5) is 11.7. The Morgan fingerprint density at radius 3 is 2.48 bits per heavy atom. The minimum Gasteiger partial charge on any atom is -0.497 e. The Bertz CT molecular complexity index is 825. The van der Waals surface area contributed by atoms with Crippen molar-refractivity contribution in [1.82, 2.24) is 0 Å². The van der Waals surface area contributed by atoms with Crippen molar-refractivity contribution in [2.45, 2.75) is 0 Å². The number of fused-ring (bicyclic) bond motifs is 1. The topological polar surface area (TPSA) is 26.3 Å². The number of benzene rings is 3. The van der Waals surface area contributed by atoms with Crippen molar-refractivity contribution in [3.05, 3.63) is 64.6 Å². The molecule has 104 valence electrons. The molecule has 0 amide bonds. The third-order valence-electron chi connectivity index (χ3n) is 3.55. The molecule has 0 N–H and O–H groups in total. The highest BCUT2D eigenvalue weighted by molar-refractivity contribution is 9.10. The highest BCUT2D eigenvalue weighted by atomic mass is 79.9. The fourth-order valence-corrected chi connectivity index (χ4v) is 2.99. The third kappa shape index (κ3) is 2.45. The normalized spacial score (nSPS) is 10.6. The van der Waals surface area contributed by atoms with Crippen molar-refractivity contribution in [3.8, 4) is 16.9 Å². The van der Waals surface area contributed by atoms with Crippen molar-refractivity contribution >= 4 is 33.0 Å². The van der Waals surface area contributed by atoms with Crippen molar-refractivity contribution < 1.29 is 9.53 Å². The number of ether oxygens (including phenoxy) is 1. The second-order valence-electron chi connectivity index (χ2n) is 4.71. The summed E-state index contributed by atoms with van der Waals surface area (Å²) in [5.41, 5.74) is 2.60. The van der Waals surface area contributed by atoms with Crippen molar-refractivity contribution in [1.29, 1.82) is 0 Å². The minimum absolute atomic E-state index is 0.679. The Hall–Kier alpha value is -2.13. The van der Waals surface area contributed by atoms with Crippen molar-refractivity contribution in [2.24, 2.45) is 0 Å². The first-order valence-corrected chi connectivity index (χ1v) is 7.34. The predicted octanol–water partition coefficient (Wildman–Crippen LogP) is 5.09. The van der Waals surface area contributed by atoms with Gasteiger partial charge in [0.25, 0.3) is 0 Å². The molecule has 0 radical (unpaired) electrons. The minimum atomic E-state index is 0.679. The zero-order valence-electron chi connectivity index (χ0n) is 11.5. The van der Waals surface area contributed by atoms with Gasteiger partial charge >= 0.3 is 0 Å². The smallest absolute Gasteiger partial charge is 0.151 e. The summed E-state index contributed by atoms with van der Waals surface area (Å²) in [6.45, 7) is 0. The van der Waals surface area contributed by atoms with Gasteiger partial charge < -0.3 is 4.74 Å². The van der Waals surface area contributed by atoms with E-state index in [0.29, 0.717) is 5.56 Å². The summed E-state index contributed by atoms with van der Waals surface area (Å²) >= 11 is 3.55. The van der Waals surface area contributed by atoms with Crippen LogP contribution >= 0.6 is 15.9 Å². The largest absolute Gasteiger partial charge is 0.497 e. The maximum absolute atomic E-state index is 11.7. The van der Waals surface area contributed by atoms with E-state index in [9.17, 15) is 4.79 Å². The van der Waals surface area contributed by atoms with E-state index in [1.807, 2.05) is 54.6 Å². The van der Waals surface area contributed by atoms with Gasteiger partial charge in [0.2, 0.25) is 0 Å². The summed E-state index contributed by atoms with van der Waals surface area (Å²) < 4.78 is 6.23. The monoisotopic (exact) mass is 340 g/mol. The lowest BCUT2D eigenvalue weighted by Gasteiger charge is -2.11. The molecule has 3 heteroatoms. The average Bonchev–Trinajstić information content (AvgIpc) is 2.53. The quantitative estimate of drug-likeness (QED) is 0.620. The van der Waals surface area contributed by atoms with Crippen LogP contribution in [0.25, 0.3) is 21.9 Å². The molecule has 3 aromatic carbocycles. The van der Waals surface area contributed by atoms with E-state index in [1.54, 1.807) is 7.11 Å². The molecule has 0 bridgehead atoms. The van der Waals surface area contributed by atoms with Gasteiger partial charge in [-0.15, -0.1) is 0 Å². The first kappa shape index (κ1) is 13.8. The maximum Gasteiger partial charge on any atom is 0.151 e. The van der Waals surface area contributed by atoms with E-state index in [2.05, 4.69) is 15.9 Å². The fraction of sp³-hybridized carbons (Fsp3) is 0.0556. The SMILES string of the molecule is COc1ccc2ccc(-c3ccccc3Br)c(C=O)c2c1. The summed E-state index contributed by atoms with van der Waals surface area (Å²) in [5, 5.41) is 1.92. The molecule has 0 aliphatic heterocycles. The van der Waals surface area contributed by atoms with Crippen LogP contribution in [0.3, 0.4) is 0 Å². The number of halogens is 1. The first-order valence-electron chi connectivity index (χ1n) is 6.55. The molecule has 3 rings (SSSR count). The molecule has 2 nitrogen and oxygen atoms in total. The second kappa shape index (κ2) is 5.70. The molecular formula is C18H13BrO2. The van der Waals surface area contributed by atoms with Gasteiger partial charge in [-0.3, -0.25) is 4.79 Å². The lowest BCUT2D eigenvalue weighted by molar-refractivity contribution is 0.112. The highest BCUT2D eigenvalue weighted by Crippen LogP contribution is 2.34.